The lowest BCUT2D eigenvalue weighted by atomic mass is 10.1. The highest BCUT2D eigenvalue weighted by molar-refractivity contribution is 6.30. The van der Waals surface area contributed by atoms with Gasteiger partial charge in [0.2, 0.25) is 0 Å². The molecule has 0 fully saturated rings. The molecule has 134 valence electrons. The summed E-state index contributed by atoms with van der Waals surface area (Å²) in [5.41, 5.74) is 4.08. The molecule has 4 aromatic rings. The van der Waals surface area contributed by atoms with Crippen LogP contribution in [-0.4, -0.2) is 26.6 Å². The maximum atomic E-state index is 12.0. The van der Waals surface area contributed by atoms with Crippen LogP contribution in [0.5, 0.6) is 0 Å². The second-order valence-corrected chi connectivity index (χ2v) is 6.39. The van der Waals surface area contributed by atoms with Crippen molar-refractivity contribution in [1.82, 2.24) is 14.6 Å². The normalized spacial score (nSPS) is 10.9. The van der Waals surface area contributed by atoms with E-state index in [1.807, 2.05) is 60.7 Å². The van der Waals surface area contributed by atoms with Crippen molar-refractivity contribution in [3.05, 3.63) is 77.4 Å². The second kappa shape index (κ2) is 7.39. The first kappa shape index (κ1) is 17.5. The van der Waals surface area contributed by atoms with E-state index in [1.54, 1.807) is 10.6 Å². The van der Waals surface area contributed by atoms with Gasteiger partial charge < -0.3 is 4.74 Å². The van der Waals surface area contributed by atoms with E-state index >= 15 is 0 Å². The number of fused-ring (bicyclic) bond motifs is 1. The zero-order chi connectivity index (χ0) is 18.8. The van der Waals surface area contributed by atoms with Gasteiger partial charge >= 0.3 is 5.97 Å². The summed E-state index contributed by atoms with van der Waals surface area (Å²) < 4.78 is 6.46. The van der Waals surface area contributed by atoms with Gasteiger partial charge in [-0.05, 0) is 18.2 Å². The van der Waals surface area contributed by atoms with Crippen LogP contribution in [-0.2, 0) is 4.74 Å². The Hall–Kier alpha value is -2.89. The SMILES string of the molecule is O=C(OCCl)c1cc2nc(-c3ccc(Cl)cc3)cc(-c3ccccc3)n2n1. The standard InChI is InChI=1S/C20H13Cl2N3O2/c21-12-27-20(26)17-11-19-23-16(13-6-8-15(22)9-7-13)10-18(25(19)24-17)14-4-2-1-3-5-14/h1-11H,12H2. The predicted molar refractivity (Wildman–Crippen MR) is 105 cm³/mol. The summed E-state index contributed by atoms with van der Waals surface area (Å²) in [6.45, 7) is 0. The highest BCUT2D eigenvalue weighted by atomic mass is 35.5. The Morgan fingerprint density at radius 1 is 1.00 bits per heavy atom. The summed E-state index contributed by atoms with van der Waals surface area (Å²) in [5, 5.41) is 5.01. The van der Waals surface area contributed by atoms with E-state index in [0.717, 1.165) is 22.5 Å². The minimum atomic E-state index is -0.595. The number of aromatic nitrogens is 3. The molecule has 0 saturated heterocycles. The quantitative estimate of drug-likeness (QED) is 0.356. The Morgan fingerprint density at radius 2 is 1.74 bits per heavy atom. The van der Waals surface area contributed by atoms with Gasteiger partial charge in [0.1, 0.15) is 0 Å². The molecule has 2 aromatic carbocycles. The molecule has 2 heterocycles. The molecular weight excluding hydrogens is 385 g/mol. The predicted octanol–water partition coefficient (Wildman–Crippen LogP) is 5.07. The topological polar surface area (TPSA) is 56.5 Å². The van der Waals surface area contributed by atoms with Gasteiger partial charge in [-0.25, -0.2) is 14.3 Å². The Morgan fingerprint density at radius 3 is 2.44 bits per heavy atom. The van der Waals surface area contributed by atoms with Gasteiger partial charge in [0.05, 0.1) is 11.4 Å². The minimum absolute atomic E-state index is 0.147. The van der Waals surface area contributed by atoms with Crippen LogP contribution in [0.3, 0.4) is 0 Å². The number of nitrogens with zero attached hydrogens (tertiary/aromatic N) is 3. The van der Waals surface area contributed by atoms with Gasteiger partial charge in [-0.2, -0.15) is 5.10 Å². The molecule has 0 N–H and O–H groups in total. The number of rotatable bonds is 4. The van der Waals surface area contributed by atoms with Gasteiger partial charge in [-0.3, -0.25) is 0 Å². The summed E-state index contributed by atoms with van der Waals surface area (Å²) in [6, 6.07) is 20.5. The molecule has 7 heteroatoms. The Labute approximate surface area is 165 Å². The summed E-state index contributed by atoms with van der Waals surface area (Å²) in [7, 11) is 0. The van der Waals surface area contributed by atoms with Crippen LogP contribution >= 0.6 is 23.2 Å². The molecule has 0 bridgehead atoms. The third-order valence-electron chi connectivity index (χ3n) is 4.03. The Balaban J connectivity index is 1.93. The van der Waals surface area contributed by atoms with Crippen LogP contribution in [0.25, 0.3) is 28.2 Å². The van der Waals surface area contributed by atoms with E-state index < -0.39 is 5.97 Å². The molecule has 0 spiro atoms. The third kappa shape index (κ3) is 3.52. The van der Waals surface area contributed by atoms with Gasteiger partial charge in [0.15, 0.2) is 17.4 Å². The maximum Gasteiger partial charge on any atom is 0.360 e. The first-order chi connectivity index (χ1) is 13.2. The number of esters is 1. The van der Waals surface area contributed by atoms with Gasteiger partial charge in [0.25, 0.3) is 0 Å². The van der Waals surface area contributed by atoms with E-state index in [0.29, 0.717) is 10.7 Å². The minimum Gasteiger partial charge on any atom is -0.445 e. The van der Waals surface area contributed by atoms with E-state index in [9.17, 15) is 4.79 Å². The van der Waals surface area contributed by atoms with Crippen LogP contribution in [0.4, 0.5) is 0 Å². The fourth-order valence-electron chi connectivity index (χ4n) is 2.78. The molecule has 0 aliphatic carbocycles. The van der Waals surface area contributed by atoms with Crippen LogP contribution < -0.4 is 0 Å². The number of hydrogen-bond donors (Lipinski definition) is 0. The monoisotopic (exact) mass is 397 g/mol. The number of benzene rings is 2. The number of carbonyl (C=O) groups is 1. The first-order valence-corrected chi connectivity index (χ1v) is 9.02. The first-order valence-electron chi connectivity index (χ1n) is 8.11. The number of ether oxygens (including phenoxy) is 1. The van der Waals surface area contributed by atoms with Crippen molar-refractivity contribution in [2.75, 3.05) is 6.07 Å². The molecular formula is C20H13Cl2N3O2. The summed E-state index contributed by atoms with van der Waals surface area (Å²) >= 11 is 11.5. The van der Waals surface area contributed by atoms with Crippen molar-refractivity contribution in [2.24, 2.45) is 0 Å². The van der Waals surface area contributed by atoms with Gasteiger partial charge in [-0.15, -0.1) is 0 Å². The molecule has 4 rings (SSSR count). The van der Waals surface area contributed by atoms with Crippen molar-refractivity contribution < 1.29 is 9.53 Å². The van der Waals surface area contributed by atoms with Crippen molar-refractivity contribution in [2.45, 2.75) is 0 Å². The van der Waals surface area contributed by atoms with Crippen molar-refractivity contribution in [3.63, 3.8) is 0 Å². The molecule has 27 heavy (non-hydrogen) atoms. The van der Waals surface area contributed by atoms with Crippen molar-refractivity contribution in [1.29, 1.82) is 0 Å². The zero-order valence-corrected chi connectivity index (χ0v) is 15.5. The Bertz CT molecular complexity index is 1110. The number of alkyl halides is 1. The summed E-state index contributed by atoms with van der Waals surface area (Å²) in [6.07, 6.45) is 0. The average molecular weight is 398 g/mol. The molecule has 0 radical (unpaired) electrons. The van der Waals surface area contributed by atoms with E-state index in [1.165, 1.54) is 0 Å². The van der Waals surface area contributed by atoms with Crippen LogP contribution in [0, 0.1) is 0 Å². The molecule has 0 unspecified atom stereocenters. The van der Waals surface area contributed by atoms with Crippen LogP contribution in [0.15, 0.2) is 66.7 Å². The molecule has 0 aliphatic rings. The van der Waals surface area contributed by atoms with Crippen molar-refractivity contribution in [3.8, 4) is 22.5 Å². The number of halogens is 2. The van der Waals surface area contributed by atoms with E-state index in [-0.39, 0.29) is 11.8 Å². The van der Waals surface area contributed by atoms with Crippen LogP contribution in [0.2, 0.25) is 5.02 Å². The number of hydrogen-bond acceptors (Lipinski definition) is 4. The van der Waals surface area contributed by atoms with Gasteiger partial charge in [0, 0.05) is 22.2 Å². The Kier molecular flexibility index (Phi) is 4.79. The lowest BCUT2D eigenvalue weighted by molar-refractivity contribution is 0.0567. The number of carbonyl (C=O) groups excluding carboxylic acids is 1. The second-order valence-electron chi connectivity index (χ2n) is 5.74. The molecule has 0 atom stereocenters. The average Bonchev–Trinajstić information content (AvgIpc) is 3.13. The van der Waals surface area contributed by atoms with Crippen molar-refractivity contribution >= 4 is 34.8 Å². The maximum absolute atomic E-state index is 12.0. The van der Waals surface area contributed by atoms with E-state index in [4.69, 9.17) is 27.9 Å². The lowest BCUT2D eigenvalue weighted by Gasteiger charge is -2.08. The van der Waals surface area contributed by atoms with Crippen LogP contribution in [0.1, 0.15) is 10.5 Å². The zero-order valence-electron chi connectivity index (χ0n) is 14.0. The smallest absolute Gasteiger partial charge is 0.360 e. The largest absolute Gasteiger partial charge is 0.445 e. The van der Waals surface area contributed by atoms with E-state index in [2.05, 4.69) is 10.1 Å². The molecule has 0 saturated carbocycles. The third-order valence-corrected chi connectivity index (χ3v) is 4.39. The molecule has 2 aromatic heterocycles. The molecule has 0 amide bonds. The summed E-state index contributed by atoms with van der Waals surface area (Å²) in [4.78, 5) is 16.7. The molecule has 0 aliphatic heterocycles. The fraction of sp³-hybridized carbons (Fsp3) is 0.0500. The highest BCUT2D eigenvalue weighted by Gasteiger charge is 2.17. The summed E-state index contributed by atoms with van der Waals surface area (Å²) in [5.74, 6) is -0.595. The molecule has 5 nitrogen and oxygen atoms in total. The highest BCUT2D eigenvalue weighted by Crippen LogP contribution is 2.27. The fourth-order valence-corrected chi connectivity index (χ4v) is 3.01. The lowest BCUT2D eigenvalue weighted by Crippen LogP contribution is -2.05. The van der Waals surface area contributed by atoms with Gasteiger partial charge in [-0.1, -0.05) is 65.7 Å².